The second-order valence-electron chi connectivity index (χ2n) is 5.17. The summed E-state index contributed by atoms with van der Waals surface area (Å²) in [6.07, 6.45) is 0. The molecule has 0 aliphatic carbocycles. The Hall–Kier alpha value is -2.82. The lowest BCUT2D eigenvalue weighted by Gasteiger charge is -2.10. The summed E-state index contributed by atoms with van der Waals surface area (Å²) >= 11 is 0. The standard InChI is InChI=1S/C18H19NO4/c1-12-4-5-13(2)16(10-12)19-17(20)11-23-15-8-6-14(7-9-15)18(21)22-3/h4-10H,11H2,1-3H3,(H,19,20). The van der Waals surface area contributed by atoms with Gasteiger partial charge in [0.1, 0.15) is 5.75 Å². The maximum absolute atomic E-state index is 12.0. The van der Waals surface area contributed by atoms with Crippen molar-refractivity contribution in [3.63, 3.8) is 0 Å². The van der Waals surface area contributed by atoms with Crippen molar-refractivity contribution in [3.8, 4) is 5.75 Å². The predicted octanol–water partition coefficient (Wildman–Crippen LogP) is 3.11. The van der Waals surface area contributed by atoms with Crippen molar-refractivity contribution in [1.29, 1.82) is 0 Å². The highest BCUT2D eigenvalue weighted by atomic mass is 16.5. The molecule has 0 aliphatic heterocycles. The van der Waals surface area contributed by atoms with Gasteiger partial charge < -0.3 is 14.8 Å². The van der Waals surface area contributed by atoms with Crippen LogP contribution in [-0.2, 0) is 9.53 Å². The largest absolute Gasteiger partial charge is 0.484 e. The van der Waals surface area contributed by atoms with Crippen LogP contribution in [0.5, 0.6) is 5.75 Å². The van der Waals surface area contributed by atoms with Crippen molar-refractivity contribution in [3.05, 3.63) is 59.2 Å². The summed E-state index contributed by atoms with van der Waals surface area (Å²) < 4.78 is 10.0. The van der Waals surface area contributed by atoms with Gasteiger partial charge in [-0.1, -0.05) is 12.1 Å². The molecule has 1 amide bonds. The summed E-state index contributed by atoms with van der Waals surface area (Å²) in [6, 6.07) is 12.3. The number of rotatable bonds is 5. The number of ether oxygens (including phenoxy) is 2. The van der Waals surface area contributed by atoms with Gasteiger partial charge in [-0.3, -0.25) is 4.79 Å². The van der Waals surface area contributed by atoms with Crippen LogP contribution in [0.1, 0.15) is 21.5 Å². The predicted molar refractivity (Wildman–Crippen MR) is 87.8 cm³/mol. The van der Waals surface area contributed by atoms with Crippen molar-refractivity contribution < 1.29 is 19.1 Å². The van der Waals surface area contributed by atoms with Crippen LogP contribution in [0, 0.1) is 13.8 Å². The SMILES string of the molecule is COC(=O)c1ccc(OCC(=O)Nc2cc(C)ccc2C)cc1. The number of anilines is 1. The molecule has 2 rings (SSSR count). The Bertz CT molecular complexity index is 707. The van der Waals surface area contributed by atoms with Crippen LogP contribution in [0.25, 0.3) is 0 Å². The van der Waals surface area contributed by atoms with Crippen molar-refractivity contribution in [2.75, 3.05) is 19.0 Å². The minimum atomic E-state index is -0.413. The molecule has 0 unspecified atom stereocenters. The van der Waals surface area contributed by atoms with Crippen LogP contribution >= 0.6 is 0 Å². The molecular weight excluding hydrogens is 294 g/mol. The Balaban J connectivity index is 1.91. The van der Waals surface area contributed by atoms with E-state index in [0.717, 1.165) is 16.8 Å². The summed E-state index contributed by atoms with van der Waals surface area (Å²) in [5.41, 5.74) is 3.27. The van der Waals surface area contributed by atoms with Crippen molar-refractivity contribution in [2.45, 2.75) is 13.8 Å². The lowest BCUT2D eigenvalue weighted by molar-refractivity contribution is -0.118. The van der Waals surface area contributed by atoms with E-state index < -0.39 is 5.97 Å². The fourth-order valence-electron chi connectivity index (χ4n) is 2.01. The quantitative estimate of drug-likeness (QED) is 0.861. The van der Waals surface area contributed by atoms with Gasteiger partial charge in [0, 0.05) is 5.69 Å². The van der Waals surface area contributed by atoms with Crippen molar-refractivity contribution >= 4 is 17.6 Å². The molecule has 0 fully saturated rings. The Morgan fingerprint density at radius 3 is 2.39 bits per heavy atom. The van der Waals surface area contributed by atoms with E-state index in [1.165, 1.54) is 7.11 Å². The average molecular weight is 313 g/mol. The number of esters is 1. The summed E-state index contributed by atoms with van der Waals surface area (Å²) in [4.78, 5) is 23.3. The first-order valence-electron chi connectivity index (χ1n) is 7.18. The third-order valence-corrected chi connectivity index (χ3v) is 3.31. The summed E-state index contributed by atoms with van der Waals surface area (Å²) in [5, 5.41) is 2.82. The molecule has 0 radical (unpaired) electrons. The lowest BCUT2D eigenvalue weighted by atomic mass is 10.1. The molecule has 0 bridgehead atoms. The molecular formula is C18H19NO4. The Labute approximate surface area is 135 Å². The first-order chi connectivity index (χ1) is 11.0. The number of benzene rings is 2. The number of hydrogen-bond acceptors (Lipinski definition) is 4. The van der Waals surface area contributed by atoms with Gasteiger partial charge in [0.25, 0.3) is 5.91 Å². The maximum Gasteiger partial charge on any atom is 0.337 e. The Morgan fingerprint density at radius 1 is 1.04 bits per heavy atom. The second-order valence-corrected chi connectivity index (χ2v) is 5.17. The molecule has 0 saturated carbocycles. The molecule has 120 valence electrons. The third kappa shape index (κ3) is 4.57. The van der Waals surface area contributed by atoms with E-state index in [2.05, 4.69) is 10.1 Å². The van der Waals surface area contributed by atoms with Gasteiger partial charge in [-0.15, -0.1) is 0 Å². The van der Waals surface area contributed by atoms with Crippen molar-refractivity contribution in [1.82, 2.24) is 0 Å². The molecule has 0 aromatic heterocycles. The van der Waals surface area contributed by atoms with E-state index in [4.69, 9.17) is 4.74 Å². The van der Waals surface area contributed by atoms with Crippen LogP contribution < -0.4 is 10.1 Å². The number of aryl methyl sites for hydroxylation is 2. The molecule has 2 aromatic carbocycles. The molecule has 1 N–H and O–H groups in total. The first kappa shape index (κ1) is 16.5. The summed E-state index contributed by atoms with van der Waals surface area (Å²) in [7, 11) is 1.32. The molecule has 2 aromatic rings. The molecule has 0 heterocycles. The Morgan fingerprint density at radius 2 is 1.74 bits per heavy atom. The fourth-order valence-corrected chi connectivity index (χ4v) is 2.01. The van der Waals surface area contributed by atoms with Crippen LogP contribution in [0.2, 0.25) is 0 Å². The molecule has 23 heavy (non-hydrogen) atoms. The number of nitrogens with one attached hydrogen (secondary N) is 1. The normalized spacial score (nSPS) is 10.0. The van der Waals surface area contributed by atoms with E-state index in [-0.39, 0.29) is 12.5 Å². The zero-order valence-electron chi connectivity index (χ0n) is 13.4. The van der Waals surface area contributed by atoms with Gasteiger partial charge in [0.2, 0.25) is 0 Å². The van der Waals surface area contributed by atoms with Crippen LogP contribution in [0.3, 0.4) is 0 Å². The van der Waals surface area contributed by atoms with E-state index >= 15 is 0 Å². The number of methoxy groups -OCH3 is 1. The minimum Gasteiger partial charge on any atom is -0.484 e. The van der Waals surface area contributed by atoms with E-state index in [1.54, 1.807) is 24.3 Å². The zero-order chi connectivity index (χ0) is 16.8. The highest BCUT2D eigenvalue weighted by Gasteiger charge is 2.08. The second kappa shape index (κ2) is 7.45. The first-order valence-corrected chi connectivity index (χ1v) is 7.18. The highest BCUT2D eigenvalue weighted by Crippen LogP contribution is 2.17. The molecule has 0 saturated heterocycles. The number of carbonyl (C=O) groups excluding carboxylic acids is 2. The van der Waals surface area contributed by atoms with Gasteiger partial charge in [0.05, 0.1) is 12.7 Å². The molecule has 0 aliphatic rings. The van der Waals surface area contributed by atoms with E-state index in [0.29, 0.717) is 11.3 Å². The zero-order valence-corrected chi connectivity index (χ0v) is 13.4. The number of amides is 1. The molecule has 0 spiro atoms. The highest BCUT2D eigenvalue weighted by molar-refractivity contribution is 5.92. The van der Waals surface area contributed by atoms with E-state index in [1.807, 2.05) is 32.0 Å². The smallest absolute Gasteiger partial charge is 0.337 e. The summed E-state index contributed by atoms with van der Waals surface area (Å²) in [5.74, 6) is -0.145. The van der Waals surface area contributed by atoms with Gasteiger partial charge in [-0.2, -0.15) is 0 Å². The third-order valence-electron chi connectivity index (χ3n) is 3.31. The minimum absolute atomic E-state index is 0.106. The van der Waals surface area contributed by atoms with Crippen LogP contribution in [-0.4, -0.2) is 25.6 Å². The maximum atomic E-state index is 12.0. The van der Waals surface area contributed by atoms with Crippen molar-refractivity contribution in [2.24, 2.45) is 0 Å². The summed E-state index contributed by atoms with van der Waals surface area (Å²) in [6.45, 7) is 3.79. The Kier molecular flexibility index (Phi) is 5.36. The topological polar surface area (TPSA) is 64.6 Å². The van der Waals surface area contributed by atoms with Gasteiger partial charge in [-0.25, -0.2) is 4.79 Å². The molecule has 5 nitrogen and oxygen atoms in total. The van der Waals surface area contributed by atoms with Gasteiger partial charge in [0.15, 0.2) is 6.61 Å². The van der Waals surface area contributed by atoms with Gasteiger partial charge >= 0.3 is 5.97 Å². The monoisotopic (exact) mass is 313 g/mol. The average Bonchev–Trinajstić information content (AvgIpc) is 2.56. The number of carbonyl (C=O) groups is 2. The number of hydrogen-bond donors (Lipinski definition) is 1. The molecule has 5 heteroatoms. The fraction of sp³-hybridized carbons (Fsp3) is 0.222. The van der Waals surface area contributed by atoms with E-state index in [9.17, 15) is 9.59 Å². The van der Waals surface area contributed by atoms with Gasteiger partial charge in [-0.05, 0) is 55.3 Å². The lowest BCUT2D eigenvalue weighted by Crippen LogP contribution is -2.20. The van der Waals surface area contributed by atoms with Crippen LogP contribution in [0.4, 0.5) is 5.69 Å². The van der Waals surface area contributed by atoms with Crippen LogP contribution in [0.15, 0.2) is 42.5 Å². The molecule has 0 atom stereocenters.